The van der Waals surface area contributed by atoms with Crippen molar-refractivity contribution in [1.82, 2.24) is 19.6 Å². The van der Waals surface area contributed by atoms with Crippen LogP contribution in [0.5, 0.6) is 0 Å². The van der Waals surface area contributed by atoms with Gasteiger partial charge in [0.05, 0.1) is 6.54 Å². The Morgan fingerprint density at radius 2 is 2.00 bits per heavy atom. The van der Waals surface area contributed by atoms with Crippen LogP contribution in [0.25, 0.3) is 0 Å². The number of nitrogens with two attached hydrogens (primary N) is 1. The Balaban J connectivity index is 1.68. The second-order valence-electron chi connectivity index (χ2n) is 4.73. The molecule has 0 radical (unpaired) electrons. The monoisotopic (exact) mass is 237 g/mol. The van der Waals surface area contributed by atoms with E-state index in [1.807, 2.05) is 23.1 Å². The van der Waals surface area contributed by atoms with Gasteiger partial charge in [-0.05, 0) is 13.0 Å². The zero-order chi connectivity index (χ0) is 12.1. The molecule has 1 atom stereocenters. The van der Waals surface area contributed by atoms with Gasteiger partial charge in [-0.15, -0.1) is 0 Å². The normalized spacial score (nSPS) is 20.6. The molecule has 2 heterocycles. The largest absolute Gasteiger partial charge is 0.329 e. The van der Waals surface area contributed by atoms with Crippen molar-refractivity contribution in [2.75, 3.05) is 39.3 Å². The van der Waals surface area contributed by atoms with Crippen LogP contribution in [0.4, 0.5) is 0 Å². The van der Waals surface area contributed by atoms with E-state index in [0.717, 1.165) is 45.8 Å². The maximum atomic E-state index is 5.69. The van der Waals surface area contributed by atoms with E-state index in [-0.39, 0.29) is 0 Å². The third-order valence-electron chi connectivity index (χ3n) is 3.58. The molecule has 0 aromatic carbocycles. The van der Waals surface area contributed by atoms with E-state index < -0.39 is 0 Å². The first-order valence-corrected chi connectivity index (χ1v) is 6.43. The van der Waals surface area contributed by atoms with Crippen molar-refractivity contribution in [3.8, 4) is 0 Å². The van der Waals surface area contributed by atoms with Gasteiger partial charge in [-0.25, -0.2) is 0 Å². The summed E-state index contributed by atoms with van der Waals surface area (Å²) in [5.41, 5.74) is 5.69. The Morgan fingerprint density at radius 3 is 2.59 bits per heavy atom. The predicted molar refractivity (Wildman–Crippen MR) is 68.8 cm³/mol. The summed E-state index contributed by atoms with van der Waals surface area (Å²) < 4.78 is 1.99. The van der Waals surface area contributed by atoms with Crippen molar-refractivity contribution in [3.05, 3.63) is 18.5 Å². The molecule has 0 bridgehead atoms. The van der Waals surface area contributed by atoms with Crippen molar-refractivity contribution in [1.29, 1.82) is 0 Å². The molecule has 1 unspecified atom stereocenters. The molecule has 1 aliphatic heterocycles. The van der Waals surface area contributed by atoms with Crippen LogP contribution < -0.4 is 5.73 Å². The van der Waals surface area contributed by atoms with Crippen molar-refractivity contribution in [2.24, 2.45) is 5.73 Å². The third kappa shape index (κ3) is 3.52. The fourth-order valence-corrected chi connectivity index (χ4v) is 2.25. The van der Waals surface area contributed by atoms with Crippen LogP contribution in [-0.2, 0) is 6.54 Å². The maximum absolute atomic E-state index is 5.69. The van der Waals surface area contributed by atoms with Gasteiger partial charge < -0.3 is 5.73 Å². The Bertz CT molecular complexity index is 303. The van der Waals surface area contributed by atoms with Crippen LogP contribution in [-0.4, -0.2) is 64.9 Å². The Hall–Kier alpha value is -0.910. The number of piperazine rings is 1. The van der Waals surface area contributed by atoms with Crippen molar-refractivity contribution >= 4 is 0 Å². The van der Waals surface area contributed by atoms with E-state index in [1.54, 1.807) is 0 Å². The zero-order valence-corrected chi connectivity index (χ0v) is 10.6. The Kier molecular flexibility index (Phi) is 4.53. The van der Waals surface area contributed by atoms with E-state index in [1.165, 1.54) is 0 Å². The molecule has 5 nitrogen and oxygen atoms in total. The summed E-state index contributed by atoms with van der Waals surface area (Å²) in [6.45, 7) is 9.60. The molecule has 96 valence electrons. The minimum Gasteiger partial charge on any atom is -0.329 e. The van der Waals surface area contributed by atoms with Gasteiger partial charge in [0.2, 0.25) is 0 Å². The van der Waals surface area contributed by atoms with Crippen LogP contribution in [0.2, 0.25) is 0 Å². The first-order chi connectivity index (χ1) is 8.29. The van der Waals surface area contributed by atoms with Crippen LogP contribution in [0, 0.1) is 0 Å². The van der Waals surface area contributed by atoms with Crippen LogP contribution in [0.15, 0.2) is 18.5 Å². The highest BCUT2D eigenvalue weighted by atomic mass is 15.3. The minimum atomic E-state index is 0.517. The molecule has 17 heavy (non-hydrogen) atoms. The number of nitrogens with zero attached hydrogens (tertiary/aromatic N) is 4. The average molecular weight is 237 g/mol. The number of aromatic nitrogens is 2. The SMILES string of the molecule is CC(CN)N1CCN(CCn2cccn2)CC1. The lowest BCUT2D eigenvalue weighted by Gasteiger charge is -2.37. The fourth-order valence-electron chi connectivity index (χ4n) is 2.25. The van der Waals surface area contributed by atoms with Gasteiger partial charge in [-0.3, -0.25) is 14.5 Å². The first-order valence-electron chi connectivity index (χ1n) is 6.43. The van der Waals surface area contributed by atoms with Gasteiger partial charge in [0.15, 0.2) is 0 Å². The Morgan fingerprint density at radius 1 is 1.24 bits per heavy atom. The van der Waals surface area contributed by atoms with Gasteiger partial charge in [-0.1, -0.05) is 0 Å². The standard InChI is InChI=1S/C12H23N5/c1-12(11-13)16-8-5-15(6-9-16)7-10-17-4-2-3-14-17/h2-4,12H,5-11,13H2,1H3. The lowest BCUT2D eigenvalue weighted by Crippen LogP contribution is -2.51. The molecular formula is C12H23N5. The summed E-state index contributed by atoms with van der Waals surface area (Å²) in [5.74, 6) is 0. The molecule has 5 heteroatoms. The quantitative estimate of drug-likeness (QED) is 0.774. The third-order valence-corrected chi connectivity index (χ3v) is 3.58. The van der Waals surface area contributed by atoms with Gasteiger partial charge >= 0.3 is 0 Å². The highest BCUT2D eigenvalue weighted by Gasteiger charge is 2.19. The number of rotatable bonds is 5. The van der Waals surface area contributed by atoms with E-state index in [4.69, 9.17) is 5.73 Å². The molecule has 1 aliphatic rings. The van der Waals surface area contributed by atoms with Gasteiger partial charge in [0, 0.05) is 57.7 Å². The van der Waals surface area contributed by atoms with E-state index in [2.05, 4.69) is 21.8 Å². The minimum absolute atomic E-state index is 0.517. The van der Waals surface area contributed by atoms with E-state index in [9.17, 15) is 0 Å². The molecule has 0 aliphatic carbocycles. The summed E-state index contributed by atoms with van der Waals surface area (Å²) in [4.78, 5) is 4.98. The second kappa shape index (κ2) is 6.14. The van der Waals surface area contributed by atoms with Gasteiger partial charge in [-0.2, -0.15) is 5.10 Å². The predicted octanol–water partition coefficient (Wildman–Crippen LogP) is -0.152. The van der Waals surface area contributed by atoms with Crippen LogP contribution >= 0.6 is 0 Å². The van der Waals surface area contributed by atoms with E-state index in [0.29, 0.717) is 6.04 Å². The molecule has 1 aromatic rings. The lowest BCUT2D eigenvalue weighted by molar-refractivity contribution is 0.102. The molecular weight excluding hydrogens is 214 g/mol. The fraction of sp³-hybridized carbons (Fsp3) is 0.750. The van der Waals surface area contributed by atoms with Crippen molar-refractivity contribution in [3.63, 3.8) is 0 Å². The molecule has 0 spiro atoms. The highest BCUT2D eigenvalue weighted by Crippen LogP contribution is 2.05. The number of hydrogen-bond acceptors (Lipinski definition) is 4. The summed E-state index contributed by atoms with van der Waals surface area (Å²) in [5, 5.41) is 4.22. The van der Waals surface area contributed by atoms with Crippen molar-refractivity contribution < 1.29 is 0 Å². The zero-order valence-electron chi connectivity index (χ0n) is 10.6. The maximum Gasteiger partial charge on any atom is 0.0536 e. The molecule has 0 amide bonds. The smallest absolute Gasteiger partial charge is 0.0536 e. The average Bonchev–Trinajstić information content (AvgIpc) is 2.89. The molecule has 2 rings (SSSR count). The van der Waals surface area contributed by atoms with Crippen LogP contribution in [0.1, 0.15) is 6.92 Å². The first kappa shape index (κ1) is 12.5. The molecule has 2 N–H and O–H groups in total. The summed E-state index contributed by atoms with van der Waals surface area (Å²) in [6.07, 6.45) is 3.85. The summed E-state index contributed by atoms with van der Waals surface area (Å²) in [6, 6.07) is 2.49. The van der Waals surface area contributed by atoms with E-state index >= 15 is 0 Å². The van der Waals surface area contributed by atoms with Crippen molar-refractivity contribution in [2.45, 2.75) is 19.5 Å². The summed E-state index contributed by atoms with van der Waals surface area (Å²) in [7, 11) is 0. The van der Waals surface area contributed by atoms with Gasteiger partial charge in [0.1, 0.15) is 0 Å². The summed E-state index contributed by atoms with van der Waals surface area (Å²) >= 11 is 0. The molecule has 0 saturated carbocycles. The van der Waals surface area contributed by atoms with Crippen LogP contribution in [0.3, 0.4) is 0 Å². The molecule has 1 fully saturated rings. The highest BCUT2D eigenvalue weighted by molar-refractivity contribution is 4.79. The second-order valence-corrected chi connectivity index (χ2v) is 4.73. The lowest BCUT2D eigenvalue weighted by atomic mass is 10.2. The molecule has 1 saturated heterocycles. The number of hydrogen-bond donors (Lipinski definition) is 1. The topological polar surface area (TPSA) is 50.3 Å². The molecule has 1 aromatic heterocycles. The Labute approximate surface area is 103 Å². The van der Waals surface area contributed by atoms with Gasteiger partial charge in [0.25, 0.3) is 0 Å².